The van der Waals surface area contributed by atoms with Crippen LogP contribution in [0.3, 0.4) is 0 Å². The van der Waals surface area contributed by atoms with E-state index in [4.69, 9.17) is 0 Å². The largest absolute Gasteiger partial charge is 0.345 e. The molecule has 0 spiro atoms. The van der Waals surface area contributed by atoms with Gasteiger partial charge in [0.05, 0.1) is 5.56 Å². The van der Waals surface area contributed by atoms with Crippen molar-refractivity contribution in [3.8, 4) is 11.5 Å². The molecule has 1 aromatic carbocycles. The van der Waals surface area contributed by atoms with Crippen LogP contribution in [-0.4, -0.2) is 30.8 Å². The molecule has 0 atom stereocenters. The standard InChI is InChI=1S/C21H19N7O/c1-13-16(12-18(23-13)26-15-8-4-3-5-9-15)20(29)28-21-25-14(2)24-19(27-21)17-10-6-7-11-22-17/h3-12,23,26H,1-2H3,(H,24,25,27,28,29). The summed E-state index contributed by atoms with van der Waals surface area (Å²) in [7, 11) is 0. The number of rotatable bonds is 5. The zero-order chi connectivity index (χ0) is 20.2. The summed E-state index contributed by atoms with van der Waals surface area (Å²) in [6.45, 7) is 3.58. The highest BCUT2D eigenvalue weighted by Crippen LogP contribution is 2.20. The van der Waals surface area contributed by atoms with Gasteiger partial charge in [0.2, 0.25) is 5.95 Å². The number of anilines is 3. The van der Waals surface area contributed by atoms with Gasteiger partial charge in [-0.05, 0) is 44.2 Å². The van der Waals surface area contributed by atoms with Gasteiger partial charge in [0.1, 0.15) is 17.3 Å². The number of aromatic amines is 1. The molecule has 3 N–H and O–H groups in total. The zero-order valence-corrected chi connectivity index (χ0v) is 16.0. The molecule has 3 aromatic heterocycles. The molecular formula is C21H19N7O. The first-order valence-electron chi connectivity index (χ1n) is 9.05. The topological polar surface area (TPSA) is 108 Å². The van der Waals surface area contributed by atoms with Crippen molar-refractivity contribution in [1.29, 1.82) is 0 Å². The molecule has 0 bridgehead atoms. The average Bonchev–Trinajstić information content (AvgIpc) is 3.09. The van der Waals surface area contributed by atoms with Gasteiger partial charge >= 0.3 is 0 Å². The van der Waals surface area contributed by atoms with Crippen LogP contribution in [0.2, 0.25) is 0 Å². The number of pyridine rings is 1. The first-order chi connectivity index (χ1) is 14.1. The number of carbonyl (C=O) groups is 1. The van der Waals surface area contributed by atoms with Gasteiger partial charge in [0.25, 0.3) is 5.91 Å². The van der Waals surface area contributed by atoms with Gasteiger partial charge in [-0.2, -0.15) is 9.97 Å². The van der Waals surface area contributed by atoms with Crippen LogP contribution < -0.4 is 10.6 Å². The summed E-state index contributed by atoms with van der Waals surface area (Å²) < 4.78 is 0. The smallest absolute Gasteiger partial charge is 0.259 e. The fraction of sp³-hybridized carbons (Fsp3) is 0.0952. The molecule has 144 valence electrons. The van der Waals surface area contributed by atoms with Crippen LogP contribution in [0.15, 0.2) is 60.8 Å². The summed E-state index contributed by atoms with van der Waals surface area (Å²) >= 11 is 0. The Morgan fingerprint density at radius 1 is 0.966 bits per heavy atom. The van der Waals surface area contributed by atoms with E-state index in [-0.39, 0.29) is 11.9 Å². The van der Waals surface area contributed by atoms with Gasteiger partial charge in [0, 0.05) is 17.6 Å². The normalized spacial score (nSPS) is 10.6. The van der Waals surface area contributed by atoms with E-state index < -0.39 is 0 Å². The number of hydrogen-bond donors (Lipinski definition) is 3. The van der Waals surface area contributed by atoms with Gasteiger partial charge in [-0.15, -0.1) is 0 Å². The maximum atomic E-state index is 12.8. The quantitative estimate of drug-likeness (QED) is 0.481. The van der Waals surface area contributed by atoms with Gasteiger partial charge in [0.15, 0.2) is 5.82 Å². The summed E-state index contributed by atoms with van der Waals surface area (Å²) in [6, 6.07) is 16.9. The SMILES string of the molecule is Cc1nc(NC(=O)c2cc(Nc3ccccc3)[nH]c2C)nc(-c2ccccn2)n1. The second kappa shape index (κ2) is 7.89. The first kappa shape index (κ1) is 18.3. The highest BCUT2D eigenvalue weighted by molar-refractivity contribution is 6.05. The van der Waals surface area contributed by atoms with Gasteiger partial charge in [-0.25, -0.2) is 4.98 Å². The molecule has 0 aliphatic heterocycles. The Bertz CT molecular complexity index is 1140. The Morgan fingerprint density at radius 3 is 2.52 bits per heavy atom. The van der Waals surface area contributed by atoms with Crippen molar-refractivity contribution in [2.75, 3.05) is 10.6 Å². The summed E-state index contributed by atoms with van der Waals surface area (Å²) in [5, 5.41) is 5.99. The highest BCUT2D eigenvalue weighted by Gasteiger charge is 2.16. The van der Waals surface area contributed by atoms with Crippen molar-refractivity contribution < 1.29 is 4.79 Å². The maximum Gasteiger partial charge on any atom is 0.259 e. The maximum absolute atomic E-state index is 12.8. The van der Waals surface area contributed by atoms with Gasteiger partial charge in [-0.3, -0.25) is 15.1 Å². The number of benzene rings is 1. The lowest BCUT2D eigenvalue weighted by atomic mass is 10.2. The van der Waals surface area contributed by atoms with Crippen LogP contribution >= 0.6 is 0 Å². The monoisotopic (exact) mass is 385 g/mol. The lowest BCUT2D eigenvalue weighted by molar-refractivity contribution is 0.102. The average molecular weight is 385 g/mol. The number of nitrogens with one attached hydrogen (secondary N) is 3. The molecule has 1 amide bonds. The van der Waals surface area contributed by atoms with Crippen molar-refractivity contribution in [2.45, 2.75) is 13.8 Å². The van der Waals surface area contributed by atoms with E-state index in [2.05, 4.69) is 35.6 Å². The Kier molecular flexibility index (Phi) is 4.98. The van der Waals surface area contributed by atoms with Crippen LogP contribution in [0, 0.1) is 13.8 Å². The third kappa shape index (κ3) is 4.27. The number of H-pyrrole nitrogens is 1. The number of amides is 1. The Morgan fingerprint density at radius 2 is 1.76 bits per heavy atom. The van der Waals surface area contributed by atoms with Gasteiger partial charge < -0.3 is 10.3 Å². The molecule has 0 saturated heterocycles. The summed E-state index contributed by atoms with van der Waals surface area (Å²) in [5.41, 5.74) is 2.77. The molecule has 29 heavy (non-hydrogen) atoms. The van der Waals surface area contributed by atoms with Crippen LogP contribution in [0.4, 0.5) is 17.5 Å². The first-order valence-corrected chi connectivity index (χ1v) is 9.05. The minimum absolute atomic E-state index is 0.182. The second-order valence-electron chi connectivity index (χ2n) is 6.41. The molecule has 0 saturated carbocycles. The minimum Gasteiger partial charge on any atom is -0.345 e. The van der Waals surface area contributed by atoms with Crippen LogP contribution in [-0.2, 0) is 0 Å². The number of para-hydroxylation sites is 1. The molecular weight excluding hydrogens is 366 g/mol. The lowest BCUT2D eigenvalue weighted by Gasteiger charge is -2.06. The minimum atomic E-state index is -0.308. The molecule has 4 rings (SSSR count). The number of hydrogen-bond acceptors (Lipinski definition) is 6. The summed E-state index contributed by atoms with van der Waals surface area (Å²) in [5.74, 6) is 1.50. The number of carbonyl (C=O) groups excluding carboxylic acids is 1. The Hall–Kier alpha value is -4.07. The van der Waals surface area contributed by atoms with Crippen LogP contribution in [0.1, 0.15) is 21.9 Å². The molecule has 0 aliphatic carbocycles. The van der Waals surface area contributed by atoms with Crippen molar-refractivity contribution in [3.63, 3.8) is 0 Å². The molecule has 0 unspecified atom stereocenters. The molecule has 8 nitrogen and oxygen atoms in total. The van der Waals surface area contributed by atoms with E-state index in [1.807, 2.05) is 49.4 Å². The summed E-state index contributed by atoms with van der Waals surface area (Å²) in [4.78, 5) is 33.1. The number of aromatic nitrogens is 5. The van der Waals surface area contributed by atoms with Crippen molar-refractivity contribution in [3.05, 3.63) is 77.9 Å². The van der Waals surface area contributed by atoms with Crippen LogP contribution in [0.25, 0.3) is 11.5 Å². The third-order valence-corrected chi connectivity index (χ3v) is 4.18. The van der Waals surface area contributed by atoms with E-state index >= 15 is 0 Å². The van der Waals surface area contributed by atoms with E-state index in [1.165, 1.54) is 0 Å². The molecule has 3 heterocycles. The molecule has 8 heteroatoms. The summed E-state index contributed by atoms with van der Waals surface area (Å²) in [6.07, 6.45) is 1.66. The Labute approximate surface area is 167 Å². The van der Waals surface area contributed by atoms with E-state index in [1.54, 1.807) is 25.3 Å². The van der Waals surface area contributed by atoms with Gasteiger partial charge in [-0.1, -0.05) is 24.3 Å². The zero-order valence-electron chi connectivity index (χ0n) is 16.0. The molecule has 4 aromatic rings. The number of aryl methyl sites for hydroxylation is 2. The lowest BCUT2D eigenvalue weighted by Crippen LogP contribution is -2.16. The second-order valence-corrected chi connectivity index (χ2v) is 6.41. The fourth-order valence-electron chi connectivity index (χ4n) is 2.85. The van der Waals surface area contributed by atoms with Crippen molar-refractivity contribution in [2.24, 2.45) is 0 Å². The Balaban J connectivity index is 1.55. The predicted octanol–water partition coefficient (Wildman–Crippen LogP) is 3.87. The van der Waals surface area contributed by atoms with E-state index in [0.717, 1.165) is 17.2 Å². The van der Waals surface area contributed by atoms with Crippen LogP contribution in [0.5, 0.6) is 0 Å². The van der Waals surface area contributed by atoms with E-state index in [9.17, 15) is 4.79 Å². The predicted molar refractivity (Wildman–Crippen MR) is 111 cm³/mol. The highest BCUT2D eigenvalue weighted by atomic mass is 16.1. The third-order valence-electron chi connectivity index (χ3n) is 4.18. The molecule has 0 fully saturated rings. The number of nitrogens with zero attached hydrogens (tertiary/aromatic N) is 4. The molecule has 0 aliphatic rings. The van der Waals surface area contributed by atoms with Crippen molar-refractivity contribution in [1.82, 2.24) is 24.9 Å². The van der Waals surface area contributed by atoms with Crippen molar-refractivity contribution >= 4 is 23.4 Å². The fourth-order valence-corrected chi connectivity index (χ4v) is 2.85. The van der Waals surface area contributed by atoms with E-state index in [0.29, 0.717) is 22.9 Å². The molecule has 0 radical (unpaired) electrons.